The molecule has 1 saturated heterocycles. The number of nitrogens with zero attached hydrogens (tertiary/aromatic N) is 1. The SMILES string of the molecule is S=C(c1ccc(-c2cccc(Cl)c2Cl)o1)N1CCOCC1. The molecule has 1 aliphatic heterocycles. The van der Waals surface area contributed by atoms with Crippen LogP contribution >= 0.6 is 35.4 Å². The molecule has 3 rings (SSSR count). The number of furan rings is 1. The molecule has 1 fully saturated rings. The van der Waals surface area contributed by atoms with Crippen LogP contribution in [0.3, 0.4) is 0 Å². The summed E-state index contributed by atoms with van der Waals surface area (Å²) >= 11 is 17.7. The van der Waals surface area contributed by atoms with Crippen LogP contribution < -0.4 is 0 Å². The predicted molar refractivity (Wildman–Crippen MR) is 88.3 cm³/mol. The average molecular weight is 342 g/mol. The van der Waals surface area contributed by atoms with Gasteiger partial charge in [-0.25, -0.2) is 0 Å². The molecule has 0 N–H and O–H groups in total. The molecule has 0 amide bonds. The van der Waals surface area contributed by atoms with Gasteiger partial charge in [0.05, 0.1) is 23.3 Å². The van der Waals surface area contributed by atoms with Crippen molar-refractivity contribution in [2.24, 2.45) is 0 Å². The average Bonchev–Trinajstić information content (AvgIpc) is 3.00. The molecule has 0 unspecified atom stereocenters. The summed E-state index contributed by atoms with van der Waals surface area (Å²) in [6.07, 6.45) is 0. The molecule has 21 heavy (non-hydrogen) atoms. The zero-order chi connectivity index (χ0) is 14.8. The Bertz CT molecular complexity index is 665. The molecule has 110 valence electrons. The standard InChI is InChI=1S/C15H13Cl2NO2S/c16-11-3-1-2-10(14(11)17)12-4-5-13(20-12)15(21)18-6-8-19-9-7-18/h1-5H,6-9H2. The van der Waals surface area contributed by atoms with Crippen LogP contribution in [0.4, 0.5) is 0 Å². The fourth-order valence-electron chi connectivity index (χ4n) is 2.21. The highest BCUT2D eigenvalue weighted by Gasteiger charge is 2.19. The van der Waals surface area contributed by atoms with Gasteiger partial charge in [-0.2, -0.15) is 0 Å². The first-order chi connectivity index (χ1) is 10.2. The largest absolute Gasteiger partial charge is 0.454 e. The predicted octanol–water partition coefficient (Wildman–Crippen LogP) is 4.26. The fourth-order valence-corrected chi connectivity index (χ4v) is 2.90. The normalized spacial score (nSPS) is 15.2. The zero-order valence-electron chi connectivity index (χ0n) is 11.1. The maximum absolute atomic E-state index is 6.21. The third-order valence-corrected chi connectivity index (χ3v) is 4.61. The number of hydrogen-bond acceptors (Lipinski definition) is 3. The van der Waals surface area contributed by atoms with Gasteiger partial charge in [0.25, 0.3) is 0 Å². The Morgan fingerprint density at radius 2 is 1.86 bits per heavy atom. The van der Waals surface area contributed by atoms with Gasteiger partial charge in [0.1, 0.15) is 10.7 Å². The highest BCUT2D eigenvalue weighted by molar-refractivity contribution is 7.80. The van der Waals surface area contributed by atoms with Crippen LogP contribution in [0.5, 0.6) is 0 Å². The molecule has 3 nitrogen and oxygen atoms in total. The molecule has 0 radical (unpaired) electrons. The maximum Gasteiger partial charge on any atom is 0.162 e. The van der Waals surface area contributed by atoms with E-state index in [4.69, 9.17) is 44.6 Å². The lowest BCUT2D eigenvalue weighted by Gasteiger charge is -2.28. The van der Waals surface area contributed by atoms with Crippen molar-refractivity contribution in [3.8, 4) is 11.3 Å². The second kappa shape index (κ2) is 6.36. The molecule has 2 heterocycles. The highest BCUT2D eigenvalue weighted by atomic mass is 35.5. The van der Waals surface area contributed by atoms with Crippen molar-refractivity contribution in [3.63, 3.8) is 0 Å². The van der Waals surface area contributed by atoms with Crippen molar-refractivity contribution in [1.82, 2.24) is 4.90 Å². The lowest BCUT2D eigenvalue weighted by atomic mass is 10.2. The van der Waals surface area contributed by atoms with E-state index in [2.05, 4.69) is 4.90 Å². The van der Waals surface area contributed by atoms with E-state index in [0.29, 0.717) is 39.8 Å². The summed E-state index contributed by atoms with van der Waals surface area (Å²) in [5.74, 6) is 1.33. The molecule has 0 bridgehead atoms. The van der Waals surface area contributed by atoms with E-state index in [0.717, 1.165) is 18.7 Å². The van der Waals surface area contributed by atoms with Gasteiger partial charge in [-0.05, 0) is 24.3 Å². The first kappa shape index (κ1) is 14.9. The van der Waals surface area contributed by atoms with Gasteiger partial charge >= 0.3 is 0 Å². The fraction of sp³-hybridized carbons (Fsp3) is 0.267. The van der Waals surface area contributed by atoms with Crippen molar-refractivity contribution in [1.29, 1.82) is 0 Å². The van der Waals surface area contributed by atoms with Crippen molar-refractivity contribution in [3.05, 3.63) is 46.1 Å². The molecule has 1 aromatic carbocycles. The van der Waals surface area contributed by atoms with E-state index in [1.54, 1.807) is 6.07 Å². The van der Waals surface area contributed by atoms with Crippen molar-refractivity contribution < 1.29 is 9.15 Å². The second-order valence-corrected chi connectivity index (χ2v) is 5.84. The number of ether oxygens (including phenoxy) is 1. The number of halogens is 2. The molecule has 0 spiro atoms. The number of benzene rings is 1. The van der Waals surface area contributed by atoms with Crippen LogP contribution in [-0.2, 0) is 4.74 Å². The number of hydrogen-bond donors (Lipinski definition) is 0. The minimum absolute atomic E-state index is 0.484. The lowest BCUT2D eigenvalue weighted by Crippen LogP contribution is -2.40. The first-order valence-electron chi connectivity index (χ1n) is 6.58. The maximum atomic E-state index is 6.21. The van der Waals surface area contributed by atoms with Crippen LogP contribution in [0.1, 0.15) is 5.76 Å². The van der Waals surface area contributed by atoms with E-state index in [1.165, 1.54) is 0 Å². The topological polar surface area (TPSA) is 25.6 Å². The van der Waals surface area contributed by atoms with E-state index < -0.39 is 0 Å². The summed E-state index contributed by atoms with van der Waals surface area (Å²) in [7, 11) is 0. The second-order valence-electron chi connectivity index (χ2n) is 4.67. The third kappa shape index (κ3) is 3.09. The molecular formula is C15H13Cl2NO2S. The van der Waals surface area contributed by atoms with E-state index in [9.17, 15) is 0 Å². The smallest absolute Gasteiger partial charge is 0.162 e. The Labute approximate surface area is 138 Å². The molecule has 2 aromatic rings. The lowest BCUT2D eigenvalue weighted by molar-refractivity contribution is 0.0688. The van der Waals surface area contributed by atoms with Gasteiger partial charge < -0.3 is 14.1 Å². The monoisotopic (exact) mass is 341 g/mol. The number of thiocarbonyl (C=S) groups is 1. The van der Waals surface area contributed by atoms with E-state index >= 15 is 0 Å². The zero-order valence-corrected chi connectivity index (χ0v) is 13.5. The van der Waals surface area contributed by atoms with Gasteiger partial charge in [0, 0.05) is 18.7 Å². The first-order valence-corrected chi connectivity index (χ1v) is 7.74. The van der Waals surface area contributed by atoms with Crippen molar-refractivity contribution in [2.45, 2.75) is 0 Å². The minimum atomic E-state index is 0.484. The van der Waals surface area contributed by atoms with Crippen LogP contribution in [0.2, 0.25) is 10.0 Å². The van der Waals surface area contributed by atoms with Crippen LogP contribution in [0, 0.1) is 0 Å². The Morgan fingerprint density at radius 3 is 2.62 bits per heavy atom. The van der Waals surface area contributed by atoms with Crippen LogP contribution in [0.25, 0.3) is 11.3 Å². The Hall–Kier alpha value is -1.07. The summed E-state index contributed by atoms with van der Waals surface area (Å²) < 4.78 is 11.2. The molecule has 6 heteroatoms. The molecule has 0 saturated carbocycles. The van der Waals surface area contributed by atoms with Crippen LogP contribution in [0.15, 0.2) is 34.7 Å². The molecule has 1 aliphatic rings. The molecule has 1 aromatic heterocycles. The van der Waals surface area contributed by atoms with E-state index in [-0.39, 0.29) is 0 Å². The quantitative estimate of drug-likeness (QED) is 0.762. The van der Waals surface area contributed by atoms with Crippen LogP contribution in [-0.4, -0.2) is 36.2 Å². The van der Waals surface area contributed by atoms with Crippen molar-refractivity contribution in [2.75, 3.05) is 26.3 Å². The molecular weight excluding hydrogens is 329 g/mol. The van der Waals surface area contributed by atoms with Gasteiger partial charge in [0.2, 0.25) is 0 Å². The van der Waals surface area contributed by atoms with Crippen molar-refractivity contribution >= 4 is 40.4 Å². The Morgan fingerprint density at radius 1 is 1.10 bits per heavy atom. The number of morpholine rings is 1. The molecule has 0 atom stereocenters. The summed E-state index contributed by atoms with van der Waals surface area (Å²) in [4.78, 5) is 2.78. The van der Waals surface area contributed by atoms with E-state index in [1.807, 2.05) is 24.3 Å². The van der Waals surface area contributed by atoms with Gasteiger partial charge in [-0.15, -0.1) is 0 Å². The van der Waals surface area contributed by atoms with Gasteiger partial charge in [-0.3, -0.25) is 0 Å². The summed E-state index contributed by atoms with van der Waals surface area (Å²) in [6, 6.07) is 9.18. The third-order valence-electron chi connectivity index (χ3n) is 3.33. The minimum Gasteiger partial charge on any atom is -0.454 e. The van der Waals surface area contributed by atoms with Gasteiger partial charge in [-0.1, -0.05) is 41.5 Å². The Kier molecular flexibility index (Phi) is 4.50. The highest BCUT2D eigenvalue weighted by Crippen LogP contribution is 2.34. The Balaban J connectivity index is 1.86. The summed E-state index contributed by atoms with van der Waals surface area (Å²) in [5, 5.41) is 0.986. The van der Waals surface area contributed by atoms with Gasteiger partial charge in [0.15, 0.2) is 5.76 Å². The summed E-state index contributed by atoms with van der Waals surface area (Å²) in [5.41, 5.74) is 0.764. The number of rotatable bonds is 2. The summed E-state index contributed by atoms with van der Waals surface area (Å²) in [6.45, 7) is 2.95. The molecule has 0 aliphatic carbocycles.